The van der Waals surface area contributed by atoms with Crippen LogP contribution in [0.1, 0.15) is 11.1 Å². The highest BCUT2D eigenvalue weighted by molar-refractivity contribution is 14.2. The van der Waals surface area contributed by atoms with E-state index in [0.29, 0.717) is 5.02 Å². The molecular formula is C17H15ClIN3. The van der Waals surface area contributed by atoms with E-state index in [1.165, 1.54) is 11.1 Å². The predicted octanol–water partition coefficient (Wildman–Crippen LogP) is 4.65. The lowest BCUT2D eigenvalue weighted by atomic mass is 10.1. The Morgan fingerprint density at radius 1 is 1.18 bits per heavy atom. The zero-order valence-electron chi connectivity index (χ0n) is 12.1. The van der Waals surface area contributed by atoms with Gasteiger partial charge in [-0.05, 0) is 38.3 Å². The van der Waals surface area contributed by atoms with Crippen molar-refractivity contribution in [1.82, 2.24) is 9.97 Å². The van der Waals surface area contributed by atoms with Crippen molar-refractivity contribution in [2.24, 2.45) is 0 Å². The Morgan fingerprint density at radius 3 is 2.91 bits per heavy atom. The topological polar surface area (TPSA) is 37.8 Å². The molecule has 0 radical (unpaired) electrons. The summed E-state index contributed by atoms with van der Waals surface area (Å²) in [7, 11) is 0. The second kappa shape index (κ2) is 7.15. The quantitative estimate of drug-likeness (QED) is 0.490. The monoisotopic (exact) mass is 423 g/mol. The van der Waals surface area contributed by atoms with Crippen LogP contribution in [-0.4, -0.2) is 18.9 Å². The zero-order valence-corrected chi connectivity index (χ0v) is 15.0. The van der Waals surface area contributed by atoms with Gasteiger partial charge >= 0.3 is 0 Å². The number of aromatic nitrogens is 2. The number of nitrogens with zero attached hydrogens (tertiary/aromatic N) is 2. The predicted molar refractivity (Wildman–Crippen MR) is 103 cm³/mol. The minimum Gasteiger partial charge on any atom is -0.365 e. The van der Waals surface area contributed by atoms with Crippen molar-refractivity contribution in [2.45, 2.75) is 6.54 Å². The highest BCUT2D eigenvalue weighted by Gasteiger charge is 2.05. The van der Waals surface area contributed by atoms with Crippen LogP contribution >= 0.6 is 32.3 Å². The van der Waals surface area contributed by atoms with Gasteiger partial charge in [-0.15, -0.1) is 20.7 Å². The van der Waals surface area contributed by atoms with Crippen molar-refractivity contribution in [2.75, 3.05) is 10.2 Å². The van der Waals surface area contributed by atoms with Crippen LogP contribution in [0, 0.1) is 0 Å². The van der Waals surface area contributed by atoms with Crippen molar-refractivity contribution < 1.29 is 0 Å². The number of anilines is 1. The second-order valence-electron chi connectivity index (χ2n) is 4.76. The van der Waals surface area contributed by atoms with E-state index >= 15 is 0 Å². The lowest BCUT2D eigenvalue weighted by Gasteiger charge is -2.10. The third kappa shape index (κ3) is 3.44. The van der Waals surface area contributed by atoms with Crippen LogP contribution < -0.4 is 5.32 Å². The van der Waals surface area contributed by atoms with Crippen molar-refractivity contribution in [1.29, 1.82) is 0 Å². The molecule has 2 aromatic carbocycles. The summed E-state index contributed by atoms with van der Waals surface area (Å²) in [6.07, 6.45) is 1.58. The molecule has 5 heteroatoms. The van der Waals surface area contributed by atoms with Gasteiger partial charge < -0.3 is 5.32 Å². The summed E-state index contributed by atoms with van der Waals surface area (Å²) in [4.78, 5) is 10.9. The molecule has 0 atom stereocenters. The van der Waals surface area contributed by atoms with E-state index in [1.807, 2.05) is 18.2 Å². The highest BCUT2D eigenvalue weighted by Crippen LogP contribution is 2.23. The molecule has 0 unspecified atom stereocenters. The third-order valence-corrected chi connectivity index (χ3v) is 4.85. The molecule has 0 fully saturated rings. The van der Waals surface area contributed by atoms with Gasteiger partial charge in [0.15, 0.2) is 0 Å². The van der Waals surface area contributed by atoms with E-state index in [9.17, 15) is 0 Å². The Morgan fingerprint density at radius 2 is 2.05 bits per heavy atom. The molecule has 1 N–H and O–H groups in total. The normalized spacial score (nSPS) is 11.5. The number of alkyl halides is 1. The Kier molecular flexibility index (Phi) is 5.00. The van der Waals surface area contributed by atoms with Crippen LogP contribution in [0.25, 0.3) is 10.9 Å². The fourth-order valence-electron chi connectivity index (χ4n) is 2.27. The summed E-state index contributed by atoms with van der Waals surface area (Å²) in [6, 6.07) is 14.1. The maximum atomic E-state index is 6.09. The van der Waals surface area contributed by atoms with Gasteiger partial charge in [0.2, 0.25) is 0 Å². The Balaban J connectivity index is 1.90. The smallest absolute Gasteiger partial charge is 0.137 e. The minimum atomic E-state index is 0.116. The van der Waals surface area contributed by atoms with Crippen molar-refractivity contribution >= 4 is 53.1 Å². The van der Waals surface area contributed by atoms with Gasteiger partial charge in [-0.1, -0.05) is 35.9 Å². The van der Waals surface area contributed by atoms with Gasteiger partial charge in [0.1, 0.15) is 12.1 Å². The summed E-state index contributed by atoms with van der Waals surface area (Å²) in [6.45, 7) is 0.731. The number of rotatable bonds is 4. The fraction of sp³-hybridized carbons (Fsp3) is 0.118. The van der Waals surface area contributed by atoms with E-state index in [-0.39, 0.29) is 20.7 Å². The van der Waals surface area contributed by atoms with Gasteiger partial charge in [0, 0.05) is 17.0 Å². The molecule has 3 nitrogen and oxygen atoms in total. The number of hydrogen-bond acceptors (Lipinski definition) is 3. The molecule has 0 aliphatic carbocycles. The molecule has 0 saturated heterocycles. The minimum absolute atomic E-state index is 0.116. The summed E-state index contributed by atoms with van der Waals surface area (Å²) in [5.41, 5.74) is 3.47. The van der Waals surface area contributed by atoms with Gasteiger partial charge in [0.25, 0.3) is 0 Å². The van der Waals surface area contributed by atoms with E-state index in [4.69, 9.17) is 11.6 Å². The van der Waals surface area contributed by atoms with E-state index in [1.54, 1.807) is 6.33 Å². The first-order chi connectivity index (χ1) is 10.8. The van der Waals surface area contributed by atoms with Crippen LogP contribution in [0.4, 0.5) is 5.82 Å². The van der Waals surface area contributed by atoms with Crippen molar-refractivity contribution in [3.05, 3.63) is 64.9 Å². The molecule has 112 valence electrons. The maximum Gasteiger partial charge on any atom is 0.137 e. The van der Waals surface area contributed by atoms with Crippen LogP contribution in [0.2, 0.25) is 5.02 Å². The third-order valence-electron chi connectivity index (χ3n) is 3.33. The fourth-order valence-corrected chi connectivity index (χ4v) is 3.72. The SMILES string of the molecule is C/I=C/c1ccccc1CNc1ncnc2ccc(Cl)cc12. The first-order valence-electron chi connectivity index (χ1n) is 6.81. The van der Waals surface area contributed by atoms with Crippen LogP contribution in [-0.2, 0) is 6.54 Å². The Hall–Kier alpha value is -1.53. The molecule has 0 aliphatic heterocycles. The average Bonchev–Trinajstić information content (AvgIpc) is 2.54. The maximum absolute atomic E-state index is 6.09. The van der Waals surface area contributed by atoms with Gasteiger partial charge in [-0.2, -0.15) is 0 Å². The average molecular weight is 424 g/mol. The van der Waals surface area contributed by atoms with Crippen LogP contribution in [0.15, 0.2) is 48.8 Å². The van der Waals surface area contributed by atoms with Gasteiger partial charge in [-0.3, -0.25) is 0 Å². The number of nitrogens with one attached hydrogen (secondary N) is 1. The first-order valence-corrected chi connectivity index (χ1v) is 10.6. The highest BCUT2D eigenvalue weighted by atomic mass is 127. The summed E-state index contributed by atoms with van der Waals surface area (Å²) >= 11 is 6.21. The molecule has 0 aliphatic rings. The molecular weight excluding hydrogens is 409 g/mol. The summed E-state index contributed by atoms with van der Waals surface area (Å²) < 4.78 is 2.34. The van der Waals surface area contributed by atoms with Crippen LogP contribution in [0.5, 0.6) is 0 Å². The lowest BCUT2D eigenvalue weighted by molar-refractivity contribution is 1.10. The van der Waals surface area contributed by atoms with Gasteiger partial charge in [-0.25, -0.2) is 9.97 Å². The molecule has 3 rings (SSSR count). The second-order valence-corrected chi connectivity index (χ2v) is 7.07. The summed E-state index contributed by atoms with van der Waals surface area (Å²) in [5, 5.41) is 5.05. The molecule has 0 bridgehead atoms. The molecule has 1 heterocycles. The molecule has 22 heavy (non-hydrogen) atoms. The molecule has 0 amide bonds. The Labute approximate surface area is 144 Å². The standard InChI is InChI=1S/C17H15ClIN3/c1-19-9-12-4-2-3-5-13(12)10-20-17-15-8-14(18)6-7-16(15)21-11-22-17/h2-9,11H,10H2,1H3,(H,20,21,22). The largest absolute Gasteiger partial charge is 0.365 e. The molecule has 0 saturated carbocycles. The van der Waals surface area contributed by atoms with E-state index < -0.39 is 0 Å². The van der Waals surface area contributed by atoms with E-state index in [2.05, 4.69) is 48.5 Å². The van der Waals surface area contributed by atoms with Crippen molar-refractivity contribution in [3.63, 3.8) is 0 Å². The zero-order chi connectivity index (χ0) is 15.4. The van der Waals surface area contributed by atoms with Crippen LogP contribution in [0.3, 0.4) is 0 Å². The van der Waals surface area contributed by atoms with Gasteiger partial charge in [0.05, 0.1) is 5.52 Å². The number of benzene rings is 2. The van der Waals surface area contributed by atoms with Crippen molar-refractivity contribution in [3.8, 4) is 0 Å². The number of fused-ring (bicyclic) bond motifs is 1. The summed E-state index contributed by atoms with van der Waals surface area (Å²) in [5.74, 6) is 0.813. The molecule has 0 spiro atoms. The molecule has 1 aromatic heterocycles. The number of halogens is 2. The lowest BCUT2D eigenvalue weighted by Crippen LogP contribution is -2.04. The first kappa shape index (κ1) is 15.4. The number of hydrogen-bond donors (Lipinski definition) is 1. The van der Waals surface area contributed by atoms with E-state index in [0.717, 1.165) is 23.3 Å². The Bertz CT molecular complexity index is 833. The molecule has 3 aromatic rings.